The number of nitrogens with zero attached hydrogens (tertiary/aromatic N) is 1. The van der Waals surface area contributed by atoms with Crippen LogP contribution in [0.3, 0.4) is 0 Å². The van der Waals surface area contributed by atoms with Gasteiger partial charge >= 0.3 is 12.1 Å². The second-order valence-electron chi connectivity index (χ2n) is 8.43. The third-order valence-corrected chi connectivity index (χ3v) is 4.28. The average Bonchev–Trinajstić information content (AvgIpc) is 2.61. The molecule has 0 aliphatic heterocycles. The molecule has 170 valence electrons. The molecule has 3 N–H and O–H groups in total. The number of carbonyl (C=O) groups excluding carboxylic acids is 3. The van der Waals surface area contributed by atoms with E-state index >= 15 is 0 Å². The summed E-state index contributed by atoms with van der Waals surface area (Å²) in [6.07, 6.45) is 2.27. The summed E-state index contributed by atoms with van der Waals surface area (Å²) in [6.45, 7) is 11.2. The van der Waals surface area contributed by atoms with E-state index in [0.717, 1.165) is 6.42 Å². The summed E-state index contributed by atoms with van der Waals surface area (Å²) >= 11 is 4.22. The van der Waals surface area contributed by atoms with Crippen LogP contribution in [0.15, 0.2) is 0 Å². The summed E-state index contributed by atoms with van der Waals surface area (Å²) in [5.74, 6) is 0.817. The molecule has 0 aliphatic carbocycles. The van der Waals surface area contributed by atoms with E-state index in [2.05, 4.69) is 42.4 Å². The second kappa shape index (κ2) is 14.4. The van der Waals surface area contributed by atoms with E-state index in [4.69, 9.17) is 4.74 Å². The predicted octanol–water partition coefficient (Wildman–Crippen LogP) is 2.78. The Hall–Kier alpha value is -1.64. The minimum absolute atomic E-state index is 0.229. The summed E-state index contributed by atoms with van der Waals surface area (Å²) in [4.78, 5) is 38.1. The van der Waals surface area contributed by atoms with Gasteiger partial charge in [0.05, 0.1) is 0 Å². The highest BCUT2D eigenvalue weighted by molar-refractivity contribution is 7.80. The van der Waals surface area contributed by atoms with Crippen LogP contribution >= 0.6 is 12.6 Å². The fourth-order valence-corrected chi connectivity index (χ4v) is 2.75. The maximum atomic E-state index is 12.6. The van der Waals surface area contributed by atoms with E-state index in [9.17, 15) is 14.4 Å². The van der Waals surface area contributed by atoms with E-state index in [1.54, 1.807) is 32.7 Å². The number of urea groups is 1. The second-order valence-corrected chi connectivity index (χ2v) is 8.88. The third-order valence-electron chi connectivity index (χ3n) is 4.08. The third kappa shape index (κ3) is 14.1. The number of rotatable bonds is 12. The Balaban J connectivity index is 4.52. The molecule has 0 aliphatic rings. The molecule has 0 bridgehead atoms. The molecule has 29 heavy (non-hydrogen) atoms. The number of alkyl carbamates (subject to hydrolysis) is 1. The Morgan fingerprint density at radius 3 is 2.24 bits per heavy atom. The van der Waals surface area contributed by atoms with Crippen LogP contribution in [0.1, 0.15) is 60.3 Å². The summed E-state index contributed by atoms with van der Waals surface area (Å²) in [6, 6.07) is -0.865. The van der Waals surface area contributed by atoms with Crippen molar-refractivity contribution in [2.24, 2.45) is 5.92 Å². The average molecular weight is 433 g/mol. The molecule has 0 saturated carbocycles. The number of hydrogen-bond acceptors (Lipinski definition) is 5. The molecule has 0 heterocycles. The van der Waals surface area contributed by atoms with Crippen LogP contribution < -0.4 is 16.0 Å². The molecule has 0 radical (unpaired) electrons. The van der Waals surface area contributed by atoms with Crippen molar-refractivity contribution in [3.63, 3.8) is 0 Å². The van der Waals surface area contributed by atoms with Gasteiger partial charge in [-0.15, -0.1) is 0 Å². The van der Waals surface area contributed by atoms with Crippen molar-refractivity contribution < 1.29 is 19.1 Å². The van der Waals surface area contributed by atoms with Crippen molar-refractivity contribution in [3.05, 3.63) is 0 Å². The maximum absolute atomic E-state index is 12.6. The zero-order chi connectivity index (χ0) is 22.4. The molecule has 4 amide bonds. The minimum Gasteiger partial charge on any atom is -0.444 e. The molecule has 0 spiro atoms. The molecule has 0 aromatic heterocycles. The molecule has 8 nitrogen and oxygen atoms in total. The lowest BCUT2D eigenvalue weighted by atomic mass is 10.1. The van der Waals surface area contributed by atoms with Crippen LogP contribution in [-0.2, 0) is 9.53 Å². The normalized spacial score (nSPS) is 12.3. The lowest BCUT2D eigenvalue weighted by Gasteiger charge is -2.26. The summed E-state index contributed by atoms with van der Waals surface area (Å²) in [5.41, 5.74) is -0.535. The van der Waals surface area contributed by atoms with Crippen LogP contribution in [0, 0.1) is 5.92 Å². The van der Waals surface area contributed by atoms with Gasteiger partial charge in [0.1, 0.15) is 11.6 Å². The highest BCUT2D eigenvalue weighted by Gasteiger charge is 2.22. The zero-order valence-corrected chi connectivity index (χ0v) is 19.7. The van der Waals surface area contributed by atoms with Gasteiger partial charge < -0.3 is 25.6 Å². The first-order valence-electron chi connectivity index (χ1n) is 10.3. The molecule has 0 saturated heterocycles. The van der Waals surface area contributed by atoms with Gasteiger partial charge in [-0.25, -0.2) is 9.59 Å². The van der Waals surface area contributed by atoms with Gasteiger partial charge in [-0.05, 0) is 52.4 Å². The van der Waals surface area contributed by atoms with Crippen molar-refractivity contribution in [1.82, 2.24) is 20.9 Å². The van der Waals surface area contributed by atoms with Crippen LogP contribution in [0.5, 0.6) is 0 Å². The standard InChI is InChI=1S/C20H40N4O4S/c1-15(2)10-12-24(13-14-29)18(26)23-16(17(25)21-6)9-7-8-11-22-19(27)28-20(3,4)5/h15-16,29H,7-14H2,1-6H3,(H,21,25)(H,22,27)(H,23,26). The van der Waals surface area contributed by atoms with Crippen LogP contribution in [0.2, 0.25) is 0 Å². The molecular weight excluding hydrogens is 392 g/mol. The summed E-state index contributed by atoms with van der Waals surface area (Å²) in [5, 5.41) is 8.13. The number of thiol groups is 1. The largest absolute Gasteiger partial charge is 0.444 e. The SMILES string of the molecule is CNC(=O)C(CCCCNC(=O)OC(C)(C)C)NC(=O)N(CCS)CCC(C)C. The molecule has 0 aromatic rings. The Morgan fingerprint density at radius 2 is 1.72 bits per heavy atom. The zero-order valence-electron chi connectivity index (χ0n) is 18.8. The maximum Gasteiger partial charge on any atom is 0.407 e. The first-order valence-corrected chi connectivity index (χ1v) is 11.0. The molecule has 9 heteroatoms. The van der Waals surface area contributed by atoms with Crippen molar-refractivity contribution in [1.29, 1.82) is 0 Å². The first-order chi connectivity index (χ1) is 13.5. The van der Waals surface area contributed by atoms with Crippen LogP contribution in [0.4, 0.5) is 9.59 Å². The Morgan fingerprint density at radius 1 is 1.07 bits per heavy atom. The Labute approximate surface area is 181 Å². The summed E-state index contributed by atoms with van der Waals surface area (Å²) < 4.78 is 5.18. The van der Waals surface area contributed by atoms with Crippen molar-refractivity contribution in [2.75, 3.05) is 32.4 Å². The van der Waals surface area contributed by atoms with Crippen molar-refractivity contribution in [2.45, 2.75) is 71.9 Å². The van der Waals surface area contributed by atoms with Crippen molar-refractivity contribution >= 4 is 30.7 Å². The quantitative estimate of drug-likeness (QED) is 0.281. The number of carbonyl (C=O) groups is 3. The Kier molecular flexibility index (Phi) is 13.5. The molecule has 0 rings (SSSR count). The van der Waals surface area contributed by atoms with Gasteiger partial charge in [-0.2, -0.15) is 12.6 Å². The number of nitrogens with one attached hydrogen (secondary N) is 3. The van der Waals surface area contributed by atoms with Gasteiger partial charge in [0, 0.05) is 32.4 Å². The molecule has 0 aromatic carbocycles. The fourth-order valence-electron chi connectivity index (χ4n) is 2.51. The first kappa shape index (κ1) is 27.4. The monoisotopic (exact) mass is 432 g/mol. The highest BCUT2D eigenvalue weighted by Crippen LogP contribution is 2.08. The predicted molar refractivity (Wildman–Crippen MR) is 119 cm³/mol. The van der Waals surface area contributed by atoms with Crippen LogP contribution in [0.25, 0.3) is 0 Å². The number of likely N-dealkylation sites (N-methyl/N-ethyl adjacent to an activating group) is 1. The van der Waals surface area contributed by atoms with E-state index in [1.807, 2.05) is 0 Å². The van der Waals surface area contributed by atoms with Crippen LogP contribution in [-0.4, -0.2) is 67.0 Å². The number of hydrogen-bond donors (Lipinski definition) is 4. The van der Waals surface area contributed by atoms with Gasteiger partial charge in [-0.3, -0.25) is 4.79 Å². The van der Waals surface area contributed by atoms with Crippen molar-refractivity contribution in [3.8, 4) is 0 Å². The number of unbranched alkanes of at least 4 members (excludes halogenated alkanes) is 1. The van der Waals surface area contributed by atoms with E-state index in [-0.39, 0.29) is 11.9 Å². The van der Waals surface area contributed by atoms with Gasteiger partial charge in [0.2, 0.25) is 5.91 Å². The smallest absolute Gasteiger partial charge is 0.407 e. The highest BCUT2D eigenvalue weighted by atomic mass is 32.1. The van der Waals surface area contributed by atoms with Gasteiger partial charge in [0.25, 0.3) is 0 Å². The van der Waals surface area contributed by atoms with E-state index < -0.39 is 17.7 Å². The number of amides is 4. The molecular formula is C20H40N4O4S. The lowest BCUT2D eigenvalue weighted by Crippen LogP contribution is -2.51. The number of ether oxygens (including phenoxy) is 1. The Bertz CT molecular complexity index is 509. The minimum atomic E-state index is -0.615. The van der Waals surface area contributed by atoms with Gasteiger partial charge in [0.15, 0.2) is 0 Å². The lowest BCUT2D eigenvalue weighted by molar-refractivity contribution is -0.122. The van der Waals surface area contributed by atoms with E-state index in [1.165, 1.54) is 0 Å². The topological polar surface area (TPSA) is 99.8 Å². The van der Waals surface area contributed by atoms with E-state index in [0.29, 0.717) is 50.6 Å². The molecule has 0 fully saturated rings. The molecule has 1 unspecified atom stereocenters. The van der Waals surface area contributed by atoms with Gasteiger partial charge in [-0.1, -0.05) is 13.8 Å². The fraction of sp³-hybridized carbons (Fsp3) is 0.850. The molecule has 1 atom stereocenters. The summed E-state index contributed by atoms with van der Waals surface area (Å²) in [7, 11) is 1.55.